The van der Waals surface area contributed by atoms with Crippen LogP contribution in [0.4, 0.5) is 0 Å². The summed E-state index contributed by atoms with van der Waals surface area (Å²) in [6, 6.07) is 0. The summed E-state index contributed by atoms with van der Waals surface area (Å²) in [6.45, 7) is 0. The Hall–Kier alpha value is -1.72. The van der Waals surface area contributed by atoms with Crippen molar-refractivity contribution in [2.75, 3.05) is 0 Å². The largest absolute Gasteiger partial charge is 0.391 e. The number of fused-ring (bicyclic) bond motifs is 1. The van der Waals surface area contributed by atoms with E-state index >= 15 is 0 Å². The van der Waals surface area contributed by atoms with Crippen molar-refractivity contribution >= 4 is 23.9 Å². The third-order valence-corrected chi connectivity index (χ3v) is 3.37. The van der Waals surface area contributed by atoms with Gasteiger partial charge in [0.15, 0.2) is 10.8 Å². The molecule has 2 heterocycles. The summed E-state index contributed by atoms with van der Waals surface area (Å²) in [6.07, 6.45) is 0.400. The maximum atomic E-state index is 11.1. The van der Waals surface area contributed by atoms with Crippen LogP contribution in [0.1, 0.15) is 12.8 Å². The number of carbonyl (C=O) groups is 4. The molecule has 3 aliphatic rings. The Bertz CT molecular complexity index is 352. The van der Waals surface area contributed by atoms with Crippen LogP contribution in [0, 0.1) is 10.8 Å². The maximum Gasteiger partial charge on any atom is 0.333 e. The predicted octanol–water partition coefficient (Wildman–Crippen LogP) is -1.08. The smallest absolute Gasteiger partial charge is 0.333 e. The molecular formula is C8H4O6. The maximum absolute atomic E-state index is 11.1. The first-order valence-corrected chi connectivity index (χ1v) is 4.09. The van der Waals surface area contributed by atoms with Gasteiger partial charge >= 0.3 is 23.9 Å². The highest BCUT2D eigenvalue weighted by atomic mass is 16.6. The fourth-order valence-electron chi connectivity index (χ4n) is 2.32. The summed E-state index contributed by atoms with van der Waals surface area (Å²) in [5.74, 6) is -3.12. The van der Waals surface area contributed by atoms with Gasteiger partial charge in [-0.1, -0.05) is 0 Å². The first-order valence-electron chi connectivity index (χ1n) is 4.09. The van der Waals surface area contributed by atoms with Crippen LogP contribution >= 0.6 is 0 Å². The molecule has 14 heavy (non-hydrogen) atoms. The van der Waals surface area contributed by atoms with E-state index in [1.165, 1.54) is 0 Å². The summed E-state index contributed by atoms with van der Waals surface area (Å²) >= 11 is 0. The molecule has 0 aromatic heterocycles. The van der Waals surface area contributed by atoms with Gasteiger partial charge in [-0.2, -0.15) is 0 Å². The lowest BCUT2D eigenvalue weighted by atomic mass is 9.45. The van der Waals surface area contributed by atoms with Crippen LogP contribution in [0.25, 0.3) is 0 Å². The van der Waals surface area contributed by atoms with E-state index in [1.54, 1.807) is 0 Å². The highest BCUT2D eigenvalue weighted by Crippen LogP contribution is 2.66. The molecule has 2 spiro atoms. The van der Waals surface area contributed by atoms with Gasteiger partial charge in [0.25, 0.3) is 0 Å². The molecular weight excluding hydrogens is 192 g/mol. The predicted molar refractivity (Wildman–Crippen MR) is 36.3 cm³/mol. The zero-order valence-electron chi connectivity index (χ0n) is 6.86. The SMILES string of the molecule is O=C1OC(=O)C12CCC21C(=O)OC1=O. The van der Waals surface area contributed by atoms with Crippen molar-refractivity contribution in [3.05, 3.63) is 0 Å². The van der Waals surface area contributed by atoms with Gasteiger partial charge in [0.05, 0.1) is 0 Å². The van der Waals surface area contributed by atoms with Crippen molar-refractivity contribution in [2.24, 2.45) is 10.8 Å². The van der Waals surface area contributed by atoms with Crippen molar-refractivity contribution in [2.45, 2.75) is 12.8 Å². The van der Waals surface area contributed by atoms with Gasteiger partial charge in [-0.25, -0.2) is 0 Å². The standard InChI is InChI=1S/C8H4O6/c9-3-7(4(10)13-3)1-2-8(7)5(11)14-6(8)12/h1-2H2. The molecule has 1 aliphatic carbocycles. The molecule has 3 fully saturated rings. The van der Waals surface area contributed by atoms with Gasteiger partial charge in [-0.15, -0.1) is 0 Å². The fraction of sp³-hybridized carbons (Fsp3) is 0.500. The molecule has 2 aliphatic heterocycles. The van der Waals surface area contributed by atoms with E-state index in [-0.39, 0.29) is 12.8 Å². The number of esters is 4. The normalized spacial score (nSPS) is 30.3. The minimum atomic E-state index is -1.53. The molecule has 2 saturated heterocycles. The lowest BCUT2D eigenvalue weighted by molar-refractivity contribution is -0.253. The molecule has 1 saturated carbocycles. The molecule has 0 aromatic carbocycles. The average molecular weight is 196 g/mol. The zero-order chi connectivity index (χ0) is 10.1. The Labute approximate surface area is 77.1 Å². The van der Waals surface area contributed by atoms with Gasteiger partial charge in [0, 0.05) is 0 Å². The molecule has 0 bridgehead atoms. The Morgan fingerprint density at radius 1 is 0.714 bits per heavy atom. The quantitative estimate of drug-likeness (QED) is 0.361. The molecule has 0 atom stereocenters. The van der Waals surface area contributed by atoms with E-state index < -0.39 is 34.7 Å². The van der Waals surface area contributed by atoms with E-state index in [2.05, 4.69) is 9.47 Å². The highest BCUT2D eigenvalue weighted by molar-refractivity contribution is 6.28. The minimum Gasteiger partial charge on any atom is -0.391 e. The molecule has 0 aromatic rings. The van der Waals surface area contributed by atoms with Crippen molar-refractivity contribution in [3.63, 3.8) is 0 Å². The number of ether oxygens (including phenoxy) is 2. The van der Waals surface area contributed by atoms with Crippen LogP contribution < -0.4 is 0 Å². The number of hydrogen-bond donors (Lipinski definition) is 0. The Morgan fingerprint density at radius 2 is 1.00 bits per heavy atom. The first kappa shape index (κ1) is 7.66. The topological polar surface area (TPSA) is 86.7 Å². The van der Waals surface area contributed by atoms with Gasteiger partial charge in [-0.3, -0.25) is 19.2 Å². The summed E-state index contributed by atoms with van der Waals surface area (Å²) in [5.41, 5.74) is -3.06. The summed E-state index contributed by atoms with van der Waals surface area (Å²) in [7, 11) is 0. The van der Waals surface area contributed by atoms with Crippen LogP contribution in [-0.4, -0.2) is 23.9 Å². The number of hydrogen-bond acceptors (Lipinski definition) is 6. The highest BCUT2D eigenvalue weighted by Gasteiger charge is 2.87. The summed E-state index contributed by atoms with van der Waals surface area (Å²) < 4.78 is 8.37. The Morgan fingerprint density at radius 3 is 1.14 bits per heavy atom. The molecule has 0 radical (unpaired) electrons. The molecule has 3 rings (SSSR count). The van der Waals surface area contributed by atoms with Crippen LogP contribution in [-0.2, 0) is 28.7 Å². The minimum absolute atomic E-state index is 0.200. The monoisotopic (exact) mass is 196 g/mol. The van der Waals surface area contributed by atoms with E-state index in [0.717, 1.165) is 0 Å². The van der Waals surface area contributed by atoms with Gasteiger partial charge in [-0.05, 0) is 12.8 Å². The number of cyclic esters (lactones) is 4. The van der Waals surface area contributed by atoms with Crippen molar-refractivity contribution in [1.29, 1.82) is 0 Å². The van der Waals surface area contributed by atoms with Crippen LogP contribution in [0.5, 0.6) is 0 Å². The van der Waals surface area contributed by atoms with Crippen LogP contribution in [0.2, 0.25) is 0 Å². The van der Waals surface area contributed by atoms with Crippen molar-refractivity contribution in [3.8, 4) is 0 Å². The number of carbonyl (C=O) groups excluding carboxylic acids is 4. The molecule has 6 nitrogen and oxygen atoms in total. The van der Waals surface area contributed by atoms with E-state index in [0.29, 0.717) is 0 Å². The lowest BCUT2D eigenvalue weighted by Gasteiger charge is -2.57. The van der Waals surface area contributed by atoms with E-state index in [1.807, 2.05) is 0 Å². The second-order valence-electron chi connectivity index (χ2n) is 3.66. The van der Waals surface area contributed by atoms with Crippen LogP contribution in [0.15, 0.2) is 0 Å². The fourth-order valence-corrected chi connectivity index (χ4v) is 2.32. The Kier molecular flexibility index (Phi) is 0.945. The van der Waals surface area contributed by atoms with E-state index in [4.69, 9.17) is 0 Å². The second-order valence-corrected chi connectivity index (χ2v) is 3.66. The molecule has 0 unspecified atom stereocenters. The summed E-state index contributed by atoms with van der Waals surface area (Å²) in [4.78, 5) is 44.6. The molecule has 72 valence electrons. The molecule has 0 amide bonds. The molecule has 0 N–H and O–H groups in total. The lowest BCUT2D eigenvalue weighted by Crippen LogP contribution is -2.78. The Balaban J connectivity index is 2.12. The number of rotatable bonds is 0. The summed E-state index contributed by atoms with van der Waals surface area (Å²) in [5, 5.41) is 0. The first-order chi connectivity index (χ1) is 6.55. The van der Waals surface area contributed by atoms with Gasteiger partial charge < -0.3 is 9.47 Å². The second kappa shape index (κ2) is 1.73. The third-order valence-electron chi connectivity index (χ3n) is 3.37. The van der Waals surface area contributed by atoms with Crippen molar-refractivity contribution in [1.82, 2.24) is 0 Å². The van der Waals surface area contributed by atoms with Crippen molar-refractivity contribution < 1.29 is 28.7 Å². The van der Waals surface area contributed by atoms with Gasteiger partial charge in [0.1, 0.15) is 0 Å². The third kappa shape index (κ3) is 0.413. The van der Waals surface area contributed by atoms with Gasteiger partial charge in [0.2, 0.25) is 0 Å². The van der Waals surface area contributed by atoms with Crippen LogP contribution in [0.3, 0.4) is 0 Å². The van der Waals surface area contributed by atoms with E-state index in [9.17, 15) is 19.2 Å². The average Bonchev–Trinajstić information content (AvgIpc) is 2.01. The molecule has 6 heteroatoms. The zero-order valence-corrected chi connectivity index (χ0v) is 6.86.